The first kappa shape index (κ1) is 15.6. The molecule has 2 aromatic carbocycles. The summed E-state index contributed by atoms with van der Waals surface area (Å²) < 4.78 is 38.0. The fourth-order valence-corrected chi connectivity index (χ4v) is 2.31. The average Bonchev–Trinajstić information content (AvgIpc) is 2.47. The van der Waals surface area contributed by atoms with Crippen molar-refractivity contribution in [3.05, 3.63) is 71.3 Å². The van der Waals surface area contributed by atoms with E-state index in [4.69, 9.17) is 0 Å². The van der Waals surface area contributed by atoms with Crippen LogP contribution < -0.4 is 0 Å². The summed E-state index contributed by atoms with van der Waals surface area (Å²) >= 11 is 0. The minimum Gasteiger partial charge on any atom is -0.388 e. The molecule has 0 spiro atoms. The fraction of sp³-hybridized carbons (Fsp3) is 0.294. The Morgan fingerprint density at radius 3 is 2.19 bits per heavy atom. The quantitative estimate of drug-likeness (QED) is 0.847. The number of benzene rings is 2. The van der Waals surface area contributed by atoms with E-state index < -0.39 is 17.8 Å². The third-order valence-corrected chi connectivity index (χ3v) is 3.54. The lowest BCUT2D eigenvalue weighted by molar-refractivity contribution is -0.137. The molecule has 1 N–H and O–H groups in total. The summed E-state index contributed by atoms with van der Waals surface area (Å²) in [6, 6.07) is 14.5. The van der Waals surface area contributed by atoms with Gasteiger partial charge in [0.05, 0.1) is 11.7 Å². The standard InChI is InChI=1S/C17H17F3O/c1-12(13-6-3-2-4-7-13)10-16(21)14-8-5-9-15(11-14)17(18,19)20/h2-9,11-12,16,21H,10H2,1H3. The first-order valence-electron chi connectivity index (χ1n) is 6.78. The van der Waals surface area contributed by atoms with E-state index in [2.05, 4.69) is 0 Å². The van der Waals surface area contributed by atoms with Gasteiger partial charge in [-0.2, -0.15) is 13.2 Å². The van der Waals surface area contributed by atoms with Crippen LogP contribution in [0, 0.1) is 0 Å². The number of halogens is 3. The maximum absolute atomic E-state index is 12.7. The van der Waals surface area contributed by atoms with Gasteiger partial charge in [-0.3, -0.25) is 0 Å². The molecular formula is C17H17F3O. The Bertz CT molecular complexity index is 578. The minimum absolute atomic E-state index is 0.0655. The Morgan fingerprint density at radius 2 is 1.57 bits per heavy atom. The van der Waals surface area contributed by atoms with Crippen LogP contribution in [0.2, 0.25) is 0 Å². The van der Waals surface area contributed by atoms with E-state index in [1.807, 2.05) is 37.3 Å². The molecule has 0 saturated carbocycles. The number of rotatable bonds is 4. The molecule has 0 heterocycles. The van der Waals surface area contributed by atoms with Crippen molar-refractivity contribution in [2.75, 3.05) is 0 Å². The number of aliphatic hydroxyl groups is 1. The Hall–Kier alpha value is -1.81. The van der Waals surface area contributed by atoms with Gasteiger partial charge in [-0.15, -0.1) is 0 Å². The summed E-state index contributed by atoms with van der Waals surface area (Å²) in [5.41, 5.74) is 0.627. The van der Waals surface area contributed by atoms with Gasteiger partial charge in [-0.05, 0) is 35.6 Å². The van der Waals surface area contributed by atoms with E-state index in [9.17, 15) is 18.3 Å². The van der Waals surface area contributed by atoms with Crippen molar-refractivity contribution in [1.82, 2.24) is 0 Å². The van der Waals surface area contributed by atoms with Crippen LogP contribution in [0.1, 0.15) is 42.1 Å². The van der Waals surface area contributed by atoms with Gasteiger partial charge in [0.1, 0.15) is 0 Å². The second-order valence-electron chi connectivity index (χ2n) is 5.19. The van der Waals surface area contributed by atoms with E-state index >= 15 is 0 Å². The zero-order chi connectivity index (χ0) is 15.5. The zero-order valence-corrected chi connectivity index (χ0v) is 11.6. The van der Waals surface area contributed by atoms with Crippen LogP contribution in [0.5, 0.6) is 0 Å². The minimum atomic E-state index is -4.39. The summed E-state index contributed by atoms with van der Waals surface area (Å²) in [6.45, 7) is 1.95. The smallest absolute Gasteiger partial charge is 0.388 e. The van der Waals surface area contributed by atoms with E-state index in [0.717, 1.165) is 17.7 Å². The maximum atomic E-state index is 12.7. The van der Waals surface area contributed by atoms with Gasteiger partial charge in [-0.1, -0.05) is 49.4 Å². The molecule has 2 atom stereocenters. The number of hydrogen-bond donors (Lipinski definition) is 1. The molecule has 0 aliphatic rings. The molecule has 2 rings (SSSR count). The molecule has 0 amide bonds. The highest BCUT2D eigenvalue weighted by Gasteiger charge is 2.31. The normalized spacial score (nSPS) is 14.7. The lowest BCUT2D eigenvalue weighted by atomic mass is 9.92. The van der Waals surface area contributed by atoms with Gasteiger partial charge in [-0.25, -0.2) is 0 Å². The summed E-state index contributed by atoms with van der Waals surface area (Å²) in [7, 11) is 0. The molecule has 2 aromatic rings. The lowest BCUT2D eigenvalue weighted by Gasteiger charge is -2.18. The molecule has 0 aliphatic carbocycles. The molecule has 0 radical (unpaired) electrons. The molecule has 112 valence electrons. The number of hydrogen-bond acceptors (Lipinski definition) is 1. The highest BCUT2D eigenvalue weighted by atomic mass is 19.4. The largest absolute Gasteiger partial charge is 0.416 e. The van der Waals surface area contributed by atoms with Crippen LogP contribution in [0.4, 0.5) is 13.2 Å². The number of aliphatic hydroxyl groups excluding tert-OH is 1. The Kier molecular flexibility index (Phi) is 4.68. The SMILES string of the molecule is CC(CC(O)c1cccc(C(F)(F)F)c1)c1ccccc1. The lowest BCUT2D eigenvalue weighted by Crippen LogP contribution is -2.08. The monoisotopic (exact) mass is 294 g/mol. The van der Waals surface area contributed by atoms with Crippen LogP contribution >= 0.6 is 0 Å². The predicted molar refractivity (Wildman–Crippen MR) is 75.9 cm³/mol. The Labute approximate surface area is 122 Å². The average molecular weight is 294 g/mol. The number of alkyl halides is 3. The van der Waals surface area contributed by atoms with Gasteiger partial charge < -0.3 is 5.11 Å². The van der Waals surface area contributed by atoms with Crippen molar-refractivity contribution in [3.63, 3.8) is 0 Å². The molecule has 0 bridgehead atoms. The third kappa shape index (κ3) is 4.08. The van der Waals surface area contributed by atoms with E-state index in [1.165, 1.54) is 12.1 Å². The van der Waals surface area contributed by atoms with Crippen molar-refractivity contribution in [2.24, 2.45) is 0 Å². The molecule has 0 saturated heterocycles. The molecule has 4 heteroatoms. The molecule has 21 heavy (non-hydrogen) atoms. The van der Waals surface area contributed by atoms with Gasteiger partial charge in [0.15, 0.2) is 0 Å². The van der Waals surface area contributed by atoms with Crippen molar-refractivity contribution in [2.45, 2.75) is 31.5 Å². The molecule has 0 aliphatic heterocycles. The maximum Gasteiger partial charge on any atom is 0.416 e. The first-order valence-corrected chi connectivity index (χ1v) is 6.78. The van der Waals surface area contributed by atoms with Crippen molar-refractivity contribution in [1.29, 1.82) is 0 Å². The van der Waals surface area contributed by atoms with E-state index in [1.54, 1.807) is 0 Å². The van der Waals surface area contributed by atoms with Crippen molar-refractivity contribution < 1.29 is 18.3 Å². The molecule has 2 unspecified atom stereocenters. The van der Waals surface area contributed by atoms with Crippen molar-refractivity contribution >= 4 is 0 Å². The topological polar surface area (TPSA) is 20.2 Å². The Balaban J connectivity index is 2.12. The van der Waals surface area contributed by atoms with Crippen LogP contribution in [0.25, 0.3) is 0 Å². The highest BCUT2D eigenvalue weighted by molar-refractivity contribution is 5.28. The van der Waals surface area contributed by atoms with Crippen LogP contribution in [-0.4, -0.2) is 5.11 Å². The second kappa shape index (κ2) is 6.31. The molecular weight excluding hydrogens is 277 g/mol. The van der Waals surface area contributed by atoms with Crippen molar-refractivity contribution in [3.8, 4) is 0 Å². The summed E-state index contributed by atoms with van der Waals surface area (Å²) in [5.74, 6) is 0.0655. The van der Waals surface area contributed by atoms with Crippen LogP contribution in [0.3, 0.4) is 0 Å². The summed E-state index contributed by atoms with van der Waals surface area (Å²) in [5, 5.41) is 10.2. The highest BCUT2D eigenvalue weighted by Crippen LogP contribution is 2.33. The van der Waals surface area contributed by atoms with Gasteiger partial charge >= 0.3 is 6.18 Å². The first-order chi connectivity index (χ1) is 9.88. The van der Waals surface area contributed by atoms with Gasteiger partial charge in [0, 0.05) is 0 Å². The fourth-order valence-electron chi connectivity index (χ4n) is 2.31. The van der Waals surface area contributed by atoms with Crippen LogP contribution in [-0.2, 0) is 6.18 Å². The third-order valence-electron chi connectivity index (χ3n) is 3.54. The summed E-state index contributed by atoms with van der Waals surface area (Å²) in [4.78, 5) is 0. The van der Waals surface area contributed by atoms with Gasteiger partial charge in [0.25, 0.3) is 0 Å². The zero-order valence-electron chi connectivity index (χ0n) is 11.6. The second-order valence-corrected chi connectivity index (χ2v) is 5.19. The molecule has 0 fully saturated rings. The molecule has 1 nitrogen and oxygen atoms in total. The predicted octanol–water partition coefficient (Wildman–Crippen LogP) is 4.93. The molecule has 0 aromatic heterocycles. The van der Waals surface area contributed by atoms with Gasteiger partial charge in [0.2, 0.25) is 0 Å². The Morgan fingerprint density at radius 1 is 0.952 bits per heavy atom. The van der Waals surface area contributed by atoms with Crippen LogP contribution in [0.15, 0.2) is 54.6 Å². The summed E-state index contributed by atoms with van der Waals surface area (Å²) in [6.07, 6.45) is -4.92. The van der Waals surface area contributed by atoms with E-state index in [-0.39, 0.29) is 5.92 Å². The van der Waals surface area contributed by atoms with E-state index in [0.29, 0.717) is 12.0 Å².